The molecular weight excluding hydrogens is 330 g/mol. The molecule has 3 aliphatic rings. The van der Waals surface area contributed by atoms with Crippen LogP contribution in [0.3, 0.4) is 0 Å². The van der Waals surface area contributed by atoms with Gasteiger partial charge in [0, 0.05) is 6.42 Å². The first-order valence-corrected chi connectivity index (χ1v) is 10.8. The van der Waals surface area contributed by atoms with Crippen molar-refractivity contribution in [2.75, 3.05) is 0 Å². The predicted octanol–water partition coefficient (Wildman–Crippen LogP) is 7.02. The van der Waals surface area contributed by atoms with Gasteiger partial charge in [0.05, 0.1) is 0 Å². The normalized spacial score (nSPS) is 34.3. The third-order valence-electron chi connectivity index (χ3n) is 7.31. The Morgan fingerprint density at radius 2 is 1.85 bits per heavy atom. The van der Waals surface area contributed by atoms with E-state index in [0.717, 1.165) is 50.5 Å². The standard InChI is InChI=1S/C23H34F2O/c1-2-8-18-10-12-19(13-11-18)22(14-5-3-6-15-22)17-21(26)23(25)16-7-4-9-20(23)24/h7,9,16,18-19H,2-6,8,10-15,17H2,1H3/t18-,19-,23?. The summed E-state index contributed by atoms with van der Waals surface area (Å²) in [4.78, 5) is 12.9. The second-order valence-corrected chi connectivity index (χ2v) is 8.93. The van der Waals surface area contributed by atoms with Gasteiger partial charge in [-0.25, -0.2) is 8.78 Å². The zero-order valence-electron chi connectivity index (χ0n) is 16.2. The van der Waals surface area contributed by atoms with Crippen molar-refractivity contribution < 1.29 is 13.6 Å². The summed E-state index contributed by atoms with van der Waals surface area (Å²) in [5.74, 6) is -0.132. The van der Waals surface area contributed by atoms with E-state index in [-0.39, 0.29) is 11.8 Å². The second-order valence-electron chi connectivity index (χ2n) is 8.93. The van der Waals surface area contributed by atoms with Crippen LogP contribution in [0, 0.1) is 17.3 Å². The lowest BCUT2D eigenvalue weighted by Crippen LogP contribution is -2.43. The predicted molar refractivity (Wildman–Crippen MR) is 102 cm³/mol. The highest BCUT2D eigenvalue weighted by Crippen LogP contribution is 2.53. The number of ketones is 1. The third kappa shape index (κ3) is 3.97. The number of halogens is 2. The molecule has 0 aromatic rings. The molecule has 0 aliphatic heterocycles. The molecule has 26 heavy (non-hydrogen) atoms. The Bertz CT molecular complexity index is 551. The van der Waals surface area contributed by atoms with Crippen molar-refractivity contribution in [1.82, 2.24) is 0 Å². The van der Waals surface area contributed by atoms with E-state index in [9.17, 15) is 9.18 Å². The minimum atomic E-state index is -2.51. The van der Waals surface area contributed by atoms with E-state index in [0.29, 0.717) is 12.3 Å². The van der Waals surface area contributed by atoms with E-state index >= 15 is 4.39 Å². The van der Waals surface area contributed by atoms with Gasteiger partial charge in [0.25, 0.3) is 0 Å². The topological polar surface area (TPSA) is 17.1 Å². The lowest BCUT2D eigenvalue weighted by Gasteiger charge is -2.47. The zero-order chi connectivity index (χ0) is 18.6. The van der Waals surface area contributed by atoms with Gasteiger partial charge in [0.1, 0.15) is 5.83 Å². The number of rotatable bonds is 6. The number of hydrogen-bond donors (Lipinski definition) is 0. The Morgan fingerprint density at radius 1 is 1.15 bits per heavy atom. The van der Waals surface area contributed by atoms with E-state index in [1.165, 1.54) is 38.2 Å². The first kappa shape index (κ1) is 19.8. The van der Waals surface area contributed by atoms with E-state index in [2.05, 4.69) is 6.92 Å². The Hall–Kier alpha value is -0.990. The van der Waals surface area contributed by atoms with Gasteiger partial charge in [-0.15, -0.1) is 0 Å². The summed E-state index contributed by atoms with van der Waals surface area (Å²) < 4.78 is 29.3. The fourth-order valence-corrected chi connectivity index (χ4v) is 5.76. The fraction of sp³-hybridized carbons (Fsp3) is 0.783. The molecule has 0 spiro atoms. The summed E-state index contributed by atoms with van der Waals surface area (Å²) in [6, 6.07) is 0. The SMILES string of the molecule is CCC[C@H]1CC[C@H](C2(CC(=O)C3(F)C=CCC=C3F)CCCCC2)CC1. The molecule has 0 amide bonds. The highest BCUT2D eigenvalue weighted by atomic mass is 19.2. The van der Waals surface area contributed by atoms with Crippen molar-refractivity contribution in [3.05, 3.63) is 24.1 Å². The molecule has 0 radical (unpaired) electrons. The molecule has 146 valence electrons. The first-order chi connectivity index (χ1) is 12.5. The number of allylic oxidation sites excluding steroid dienone is 4. The highest BCUT2D eigenvalue weighted by molar-refractivity contribution is 5.93. The molecule has 0 bridgehead atoms. The van der Waals surface area contributed by atoms with Gasteiger partial charge in [-0.2, -0.15) is 0 Å². The lowest BCUT2D eigenvalue weighted by molar-refractivity contribution is -0.131. The molecule has 0 aromatic carbocycles. The van der Waals surface area contributed by atoms with Crippen LogP contribution >= 0.6 is 0 Å². The van der Waals surface area contributed by atoms with Crippen LogP contribution in [0.25, 0.3) is 0 Å². The molecule has 2 saturated carbocycles. The molecule has 0 aromatic heterocycles. The molecule has 3 heteroatoms. The number of alkyl halides is 1. The minimum Gasteiger partial charge on any atom is -0.295 e. The number of carbonyl (C=O) groups excluding carboxylic acids is 1. The number of hydrogen-bond acceptors (Lipinski definition) is 1. The summed E-state index contributed by atoms with van der Waals surface area (Å²) in [5.41, 5.74) is -2.61. The Labute approximate surface area is 157 Å². The molecule has 3 aliphatic carbocycles. The largest absolute Gasteiger partial charge is 0.295 e. The van der Waals surface area contributed by atoms with Crippen molar-refractivity contribution >= 4 is 5.78 Å². The number of carbonyl (C=O) groups is 1. The van der Waals surface area contributed by atoms with Crippen LogP contribution in [-0.4, -0.2) is 11.5 Å². The Balaban J connectivity index is 1.74. The molecular formula is C23H34F2O. The molecule has 2 fully saturated rings. The van der Waals surface area contributed by atoms with Crippen LogP contribution in [0.2, 0.25) is 0 Å². The molecule has 3 rings (SSSR count). The van der Waals surface area contributed by atoms with Gasteiger partial charge in [0.15, 0.2) is 5.78 Å². The summed E-state index contributed by atoms with van der Waals surface area (Å²) in [6.07, 6.45) is 17.3. The van der Waals surface area contributed by atoms with Crippen molar-refractivity contribution in [2.24, 2.45) is 17.3 Å². The molecule has 0 saturated heterocycles. The van der Waals surface area contributed by atoms with Gasteiger partial charge in [-0.1, -0.05) is 57.9 Å². The van der Waals surface area contributed by atoms with Crippen LogP contribution in [0.5, 0.6) is 0 Å². The fourth-order valence-electron chi connectivity index (χ4n) is 5.76. The molecule has 1 unspecified atom stereocenters. The minimum absolute atomic E-state index is 0.100. The van der Waals surface area contributed by atoms with E-state index < -0.39 is 17.3 Å². The van der Waals surface area contributed by atoms with Gasteiger partial charge in [-0.05, 0) is 61.5 Å². The molecule has 1 atom stereocenters. The summed E-state index contributed by atoms with van der Waals surface area (Å²) in [7, 11) is 0. The molecule has 1 nitrogen and oxygen atoms in total. The molecule has 0 heterocycles. The highest BCUT2D eigenvalue weighted by Gasteiger charge is 2.49. The van der Waals surface area contributed by atoms with Crippen LogP contribution in [0.1, 0.15) is 90.4 Å². The van der Waals surface area contributed by atoms with Crippen LogP contribution in [0.15, 0.2) is 24.1 Å². The van der Waals surface area contributed by atoms with Crippen molar-refractivity contribution in [2.45, 2.75) is 96.1 Å². The average Bonchev–Trinajstić information content (AvgIpc) is 2.66. The van der Waals surface area contributed by atoms with Crippen molar-refractivity contribution in [3.8, 4) is 0 Å². The summed E-state index contributed by atoms with van der Waals surface area (Å²) >= 11 is 0. The lowest BCUT2D eigenvalue weighted by atomic mass is 9.58. The van der Waals surface area contributed by atoms with Gasteiger partial charge in [-0.3, -0.25) is 4.79 Å². The Morgan fingerprint density at radius 3 is 2.46 bits per heavy atom. The summed E-state index contributed by atoms with van der Waals surface area (Å²) in [6.45, 7) is 2.24. The number of Topliss-reactive ketones (excluding diaryl/α,β-unsaturated/α-hetero) is 1. The van der Waals surface area contributed by atoms with Gasteiger partial charge >= 0.3 is 0 Å². The second kappa shape index (κ2) is 8.35. The first-order valence-electron chi connectivity index (χ1n) is 10.8. The van der Waals surface area contributed by atoms with Crippen LogP contribution in [0.4, 0.5) is 8.78 Å². The summed E-state index contributed by atoms with van der Waals surface area (Å²) in [5, 5.41) is 0. The van der Waals surface area contributed by atoms with E-state index in [4.69, 9.17) is 0 Å². The van der Waals surface area contributed by atoms with E-state index in [1.807, 2.05) is 0 Å². The van der Waals surface area contributed by atoms with Crippen molar-refractivity contribution in [1.29, 1.82) is 0 Å². The maximum Gasteiger partial charge on any atom is 0.237 e. The maximum absolute atomic E-state index is 15.1. The quantitative estimate of drug-likeness (QED) is 0.463. The monoisotopic (exact) mass is 364 g/mol. The average molecular weight is 365 g/mol. The zero-order valence-corrected chi connectivity index (χ0v) is 16.2. The molecule has 0 N–H and O–H groups in total. The van der Waals surface area contributed by atoms with Gasteiger partial charge in [0.2, 0.25) is 5.67 Å². The maximum atomic E-state index is 15.1. The van der Waals surface area contributed by atoms with E-state index in [1.54, 1.807) is 6.08 Å². The van der Waals surface area contributed by atoms with Crippen molar-refractivity contribution in [3.63, 3.8) is 0 Å². The van der Waals surface area contributed by atoms with Crippen LogP contribution in [-0.2, 0) is 4.79 Å². The smallest absolute Gasteiger partial charge is 0.237 e. The Kier molecular flexibility index (Phi) is 6.35. The van der Waals surface area contributed by atoms with Crippen LogP contribution < -0.4 is 0 Å². The van der Waals surface area contributed by atoms with Gasteiger partial charge < -0.3 is 0 Å². The third-order valence-corrected chi connectivity index (χ3v) is 7.31.